The zero-order valence-corrected chi connectivity index (χ0v) is 20.1. The van der Waals surface area contributed by atoms with Gasteiger partial charge in [0.2, 0.25) is 17.7 Å². The molecule has 0 radical (unpaired) electrons. The molecule has 1 heterocycles. The van der Waals surface area contributed by atoms with Crippen molar-refractivity contribution in [2.45, 2.75) is 76.1 Å². The van der Waals surface area contributed by atoms with E-state index in [4.69, 9.17) is 21.6 Å². The molecule has 6 atom stereocenters. The molecule has 3 amide bonds. The largest absolute Gasteiger partial charge is 0.370 e. The Morgan fingerprint density at radius 3 is 2.37 bits per heavy atom. The van der Waals surface area contributed by atoms with Crippen molar-refractivity contribution in [3.05, 3.63) is 35.9 Å². The Labute approximate surface area is 205 Å². The number of benzene rings is 1. The molecule has 10 N–H and O–H groups in total. The quantitative estimate of drug-likeness (QED) is 0.0971. The third-order valence-electron chi connectivity index (χ3n) is 5.58. The van der Waals surface area contributed by atoms with Crippen molar-refractivity contribution in [1.82, 2.24) is 21.3 Å². The molecule has 1 aliphatic rings. The summed E-state index contributed by atoms with van der Waals surface area (Å²) in [4.78, 5) is 38.5. The van der Waals surface area contributed by atoms with E-state index < -0.39 is 48.2 Å². The minimum Gasteiger partial charge on any atom is -0.370 e. The number of hydrogen-bond donors (Lipinski definition) is 8. The molecule has 0 spiro atoms. The number of amides is 3. The Bertz CT molecular complexity index is 867. The molecule has 12 heteroatoms. The SMILES string of the molecule is CC1CC(NC(=O)C(Cc2ccccc2)NC(=O)C(CCCNC(=N)N)NC(=O)C(C)N)[C@@H](O)O1. The number of aliphatic hydroxyl groups is 1. The number of nitrogens with one attached hydrogen (secondary N) is 5. The van der Waals surface area contributed by atoms with Crippen molar-refractivity contribution < 1.29 is 24.2 Å². The van der Waals surface area contributed by atoms with Crippen LogP contribution in [0, 0.1) is 5.41 Å². The molecule has 1 aliphatic heterocycles. The fraction of sp³-hybridized carbons (Fsp3) is 0.565. The molecule has 0 saturated carbocycles. The maximum atomic E-state index is 13.2. The molecule has 194 valence electrons. The van der Waals surface area contributed by atoms with E-state index in [0.29, 0.717) is 19.4 Å². The molecule has 1 saturated heterocycles. The van der Waals surface area contributed by atoms with Crippen LogP contribution in [0.2, 0.25) is 0 Å². The lowest BCUT2D eigenvalue weighted by molar-refractivity contribution is -0.134. The van der Waals surface area contributed by atoms with Gasteiger partial charge in [-0.2, -0.15) is 0 Å². The van der Waals surface area contributed by atoms with E-state index in [1.54, 1.807) is 6.92 Å². The third kappa shape index (κ3) is 9.51. The highest BCUT2D eigenvalue weighted by Gasteiger charge is 2.35. The van der Waals surface area contributed by atoms with Crippen molar-refractivity contribution in [2.24, 2.45) is 11.5 Å². The van der Waals surface area contributed by atoms with Gasteiger partial charge in [0.15, 0.2) is 12.2 Å². The monoisotopic (exact) mass is 491 g/mol. The average Bonchev–Trinajstić information content (AvgIpc) is 3.11. The summed E-state index contributed by atoms with van der Waals surface area (Å²) < 4.78 is 5.29. The number of rotatable bonds is 12. The predicted octanol–water partition coefficient (Wildman–Crippen LogP) is -1.58. The first-order valence-corrected chi connectivity index (χ1v) is 11.7. The first kappa shape index (κ1) is 28.0. The van der Waals surface area contributed by atoms with Gasteiger partial charge in [-0.25, -0.2) is 0 Å². The molecule has 1 aromatic carbocycles. The zero-order valence-electron chi connectivity index (χ0n) is 20.1. The van der Waals surface area contributed by atoms with Gasteiger partial charge in [-0.15, -0.1) is 0 Å². The summed E-state index contributed by atoms with van der Waals surface area (Å²) in [6, 6.07) is 5.85. The Hall–Kier alpha value is -3.22. The molecule has 0 aromatic heterocycles. The van der Waals surface area contributed by atoms with Crippen LogP contribution in [-0.2, 0) is 25.5 Å². The molecule has 12 nitrogen and oxygen atoms in total. The van der Waals surface area contributed by atoms with Gasteiger partial charge in [0, 0.05) is 13.0 Å². The molecule has 2 rings (SSSR count). The van der Waals surface area contributed by atoms with Crippen LogP contribution >= 0.6 is 0 Å². The van der Waals surface area contributed by atoms with E-state index in [1.807, 2.05) is 30.3 Å². The molecule has 0 bridgehead atoms. The van der Waals surface area contributed by atoms with Crippen molar-refractivity contribution in [2.75, 3.05) is 6.54 Å². The minimum absolute atomic E-state index is 0.197. The maximum absolute atomic E-state index is 13.2. The van der Waals surface area contributed by atoms with Crippen LogP contribution in [0.3, 0.4) is 0 Å². The van der Waals surface area contributed by atoms with Gasteiger partial charge in [0.25, 0.3) is 0 Å². The number of nitrogens with two attached hydrogens (primary N) is 2. The summed E-state index contributed by atoms with van der Waals surface area (Å²) in [6.45, 7) is 3.63. The maximum Gasteiger partial charge on any atom is 0.243 e. The van der Waals surface area contributed by atoms with E-state index in [2.05, 4.69) is 21.3 Å². The molecule has 0 aliphatic carbocycles. The van der Waals surface area contributed by atoms with Crippen LogP contribution in [0.1, 0.15) is 38.7 Å². The molecular formula is C23H37N7O5. The zero-order chi connectivity index (χ0) is 26.0. The number of carbonyl (C=O) groups is 3. The van der Waals surface area contributed by atoms with Gasteiger partial charge in [-0.05, 0) is 38.7 Å². The fourth-order valence-electron chi connectivity index (χ4n) is 3.71. The molecule has 5 unspecified atom stereocenters. The predicted molar refractivity (Wildman–Crippen MR) is 130 cm³/mol. The van der Waals surface area contributed by atoms with E-state index >= 15 is 0 Å². The van der Waals surface area contributed by atoms with Crippen molar-refractivity contribution in [3.8, 4) is 0 Å². The van der Waals surface area contributed by atoms with Gasteiger partial charge in [0.05, 0.1) is 18.2 Å². The number of aliphatic hydroxyl groups excluding tert-OH is 1. The first-order valence-electron chi connectivity index (χ1n) is 11.7. The highest BCUT2D eigenvalue weighted by atomic mass is 16.6. The topological polar surface area (TPSA) is 205 Å². The number of ether oxygens (including phenoxy) is 1. The van der Waals surface area contributed by atoms with Gasteiger partial charge in [-0.1, -0.05) is 30.3 Å². The lowest BCUT2D eigenvalue weighted by Gasteiger charge is -2.25. The summed E-state index contributed by atoms with van der Waals surface area (Å²) >= 11 is 0. The summed E-state index contributed by atoms with van der Waals surface area (Å²) in [5.74, 6) is -1.72. The molecule has 1 fully saturated rings. The highest BCUT2D eigenvalue weighted by Crippen LogP contribution is 2.18. The second kappa shape index (κ2) is 13.6. The average molecular weight is 492 g/mol. The van der Waals surface area contributed by atoms with Gasteiger partial charge in [0.1, 0.15) is 12.1 Å². The van der Waals surface area contributed by atoms with E-state index in [-0.39, 0.29) is 24.9 Å². The van der Waals surface area contributed by atoms with Gasteiger partial charge in [-0.3, -0.25) is 19.8 Å². The summed E-state index contributed by atoms with van der Waals surface area (Å²) in [6.07, 6.45) is -0.0349. The highest BCUT2D eigenvalue weighted by molar-refractivity contribution is 5.93. The number of hydrogen-bond acceptors (Lipinski definition) is 7. The van der Waals surface area contributed by atoms with Crippen LogP contribution in [0.15, 0.2) is 30.3 Å². The molecular weight excluding hydrogens is 454 g/mol. The lowest BCUT2D eigenvalue weighted by Crippen LogP contribution is -2.57. The number of carbonyl (C=O) groups excluding carboxylic acids is 3. The van der Waals surface area contributed by atoms with Crippen LogP contribution < -0.4 is 32.7 Å². The van der Waals surface area contributed by atoms with Crippen molar-refractivity contribution in [3.63, 3.8) is 0 Å². The molecule has 1 aromatic rings. The van der Waals surface area contributed by atoms with Gasteiger partial charge < -0.3 is 42.6 Å². The van der Waals surface area contributed by atoms with E-state index in [1.165, 1.54) is 6.92 Å². The Morgan fingerprint density at radius 1 is 1.14 bits per heavy atom. The Morgan fingerprint density at radius 2 is 1.80 bits per heavy atom. The van der Waals surface area contributed by atoms with Crippen LogP contribution in [0.25, 0.3) is 0 Å². The minimum atomic E-state index is -1.13. The van der Waals surface area contributed by atoms with E-state index in [0.717, 1.165) is 5.56 Å². The van der Waals surface area contributed by atoms with Crippen molar-refractivity contribution >= 4 is 23.7 Å². The Balaban J connectivity index is 2.14. The van der Waals surface area contributed by atoms with Crippen LogP contribution in [-0.4, -0.2) is 71.9 Å². The third-order valence-corrected chi connectivity index (χ3v) is 5.58. The second-order valence-electron chi connectivity index (χ2n) is 8.77. The number of guanidine groups is 1. The van der Waals surface area contributed by atoms with Crippen LogP contribution in [0.5, 0.6) is 0 Å². The van der Waals surface area contributed by atoms with E-state index in [9.17, 15) is 19.5 Å². The first-order chi connectivity index (χ1) is 16.6. The smallest absolute Gasteiger partial charge is 0.243 e. The Kier molecular flexibility index (Phi) is 10.9. The van der Waals surface area contributed by atoms with Crippen molar-refractivity contribution in [1.29, 1.82) is 5.41 Å². The lowest BCUT2D eigenvalue weighted by atomic mass is 10.0. The second-order valence-corrected chi connectivity index (χ2v) is 8.77. The molecule has 35 heavy (non-hydrogen) atoms. The summed E-state index contributed by atoms with van der Waals surface area (Å²) in [5.41, 5.74) is 11.8. The fourth-order valence-corrected chi connectivity index (χ4v) is 3.71. The standard InChI is InChI=1S/C23H37N7O5/c1-13-11-18(22(34)35-13)30-21(33)17(12-15-7-4-3-5-8-15)29-20(32)16(28-19(31)14(2)24)9-6-10-27-23(25)26/h3-5,7-8,13-14,16-18,22,34H,6,9-12,24H2,1-2H3,(H,28,31)(H,29,32)(H,30,33)(H4,25,26,27)/t13?,14?,16?,17?,18?,22-/m0/s1. The van der Waals surface area contributed by atoms with Gasteiger partial charge >= 0.3 is 0 Å². The van der Waals surface area contributed by atoms with Crippen LogP contribution in [0.4, 0.5) is 0 Å². The summed E-state index contributed by atoms with van der Waals surface area (Å²) in [7, 11) is 0. The summed E-state index contributed by atoms with van der Waals surface area (Å²) in [5, 5.41) is 28.0. The normalized spacial score (nSPS) is 21.9.